The van der Waals surface area contributed by atoms with Crippen LogP contribution < -0.4 is 0 Å². The van der Waals surface area contributed by atoms with Gasteiger partial charge in [-0.3, -0.25) is 0 Å². The molecule has 0 heterocycles. The monoisotopic (exact) mass is 208 g/mol. The van der Waals surface area contributed by atoms with Gasteiger partial charge in [-0.2, -0.15) is 0 Å². The summed E-state index contributed by atoms with van der Waals surface area (Å²) in [5, 5.41) is 17.0. The van der Waals surface area contributed by atoms with Crippen molar-refractivity contribution in [2.45, 2.75) is 0 Å². The van der Waals surface area contributed by atoms with Gasteiger partial charge < -0.3 is 15.7 Å². The Morgan fingerprint density at radius 1 is 1.00 bits per heavy atom. The second kappa shape index (κ2) is 6.56. The van der Waals surface area contributed by atoms with E-state index >= 15 is 0 Å². The first-order chi connectivity index (χ1) is 5.61. The standard InChI is InChI=1S/C8H6O4.Na.H2O.H/c9-7(10)5-2-1-3-6(4-5)8(11)12;;;/h1-4H,(H,9,10)(H,11,12);;1H2;. The molecule has 0 radical (unpaired) electrons. The Labute approximate surface area is 102 Å². The van der Waals surface area contributed by atoms with Crippen molar-refractivity contribution >= 4 is 41.5 Å². The molecule has 1 aromatic carbocycles. The first-order valence-electron chi connectivity index (χ1n) is 3.18. The number of hydrogen-bond acceptors (Lipinski definition) is 2. The van der Waals surface area contributed by atoms with E-state index in [1.54, 1.807) is 0 Å². The van der Waals surface area contributed by atoms with Gasteiger partial charge in [-0.15, -0.1) is 0 Å². The molecule has 14 heavy (non-hydrogen) atoms. The molecule has 0 saturated heterocycles. The van der Waals surface area contributed by atoms with Crippen LogP contribution in [-0.4, -0.2) is 57.2 Å². The first kappa shape index (κ1) is 15.6. The maximum absolute atomic E-state index is 10.4. The third kappa shape index (κ3) is 3.89. The fourth-order valence-corrected chi connectivity index (χ4v) is 0.785. The summed E-state index contributed by atoms with van der Waals surface area (Å²) in [5.74, 6) is -2.25. The number of aromatic carboxylic acids is 2. The van der Waals surface area contributed by atoms with Crippen LogP contribution >= 0.6 is 0 Å². The summed E-state index contributed by atoms with van der Waals surface area (Å²) in [6.45, 7) is 0. The quantitative estimate of drug-likeness (QED) is 0.645. The van der Waals surface area contributed by atoms with E-state index in [-0.39, 0.29) is 46.2 Å². The average molecular weight is 208 g/mol. The topological polar surface area (TPSA) is 106 Å². The zero-order valence-corrected chi connectivity index (χ0v) is 6.52. The Morgan fingerprint density at radius 2 is 1.36 bits per heavy atom. The van der Waals surface area contributed by atoms with Crippen molar-refractivity contribution in [2.24, 2.45) is 0 Å². The number of carbonyl (C=O) groups is 2. The minimum absolute atomic E-state index is 0. The average Bonchev–Trinajstić information content (AvgIpc) is 2.04. The van der Waals surface area contributed by atoms with E-state index < -0.39 is 11.9 Å². The van der Waals surface area contributed by atoms with Gasteiger partial charge >= 0.3 is 41.5 Å². The molecule has 0 aliphatic rings. The van der Waals surface area contributed by atoms with E-state index in [1.165, 1.54) is 18.2 Å². The van der Waals surface area contributed by atoms with Gasteiger partial charge in [0, 0.05) is 0 Å². The zero-order chi connectivity index (χ0) is 9.14. The van der Waals surface area contributed by atoms with Crippen LogP contribution in [0.3, 0.4) is 0 Å². The molecule has 6 heteroatoms. The molecule has 0 bridgehead atoms. The van der Waals surface area contributed by atoms with Gasteiger partial charge in [0.05, 0.1) is 11.1 Å². The van der Waals surface area contributed by atoms with E-state index in [4.69, 9.17) is 10.2 Å². The van der Waals surface area contributed by atoms with Crippen LogP contribution in [0.1, 0.15) is 20.7 Å². The van der Waals surface area contributed by atoms with Crippen LogP contribution in [0.2, 0.25) is 0 Å². The summed E-state index contributed by atoms with van der Waals surface area (Å²) >= 11 is 0. The van der Waals surface area contributed by atoms with Crippen molar-refractivity contribution < 1.29 is 25.3 Å². The second-order valence-electron chi connectivity index (χ2n) is 2.19. The van der Waals surface area contributed by atoms with Gasteiger partial charge in [0.1, 0.15) is 0 Å². The Balaban J connectivity index is 0. The Kier molecular flexibility index (Phi) is 7.30. The molecule has 0 fully saturated rings. The number of carboxylic acids is 2. The summed E-state index contributed by atoms with van der Waals surface area (Å²) in [5.41, 5.74) is -0.0372. The Hall–Kier alpha value is -0.880. The van der Waals surface area contributed by atoms with Crippen LogP contribution in [0.15, 0.2) is 24.3 Å². The fourth-order valence-electron chi connectivity index (χ4n) is 0.785. The van der Waals surface area contributed by atoms with Gasteiger partial charge in [-0.1, -0.05) is 6.07 Å². The molecule has 0 aliphatic carbocycles. The molecule has 0 aliphatic heterocycles. The van der Waals surface area contributed by atoms with Crippen LogP contribution in [0, 0.1) is 0 Å². The summed E-state index contributed by atoms with van der Waals surface area (Å²) in [4.78, 5) is 20.8. The normalized spacial score (nSPS) is 8.00. The molecule has 4 N–H and O–H groups in total. The predicted octanol–water partition coefficient (Wildman–Crippen LogP) is -0.390. The van der Waals surface area contributed by atoms with Crippen molar-refractivity contribution in [3.05, 3.63) is 35.4 Å². The second-order valence-corrected chi connectivity index (χ2v) is 2.19. The van der Waals surface area contributed by atoms with Crippen molar-refractivity contribution in [1.29, 1.82) is 0 Å². The number of benzene rings is 1. The molecular weight excluding hydrogens is 199 g/mol. The molecule has 0 atom stereocenters. The van der Waals surface area contributed by atoms with E-state index in [2.05, 4.69) is 0 Å². The summed E-state index contributed by atoms with van der Waals surface area (Å²) in [7, 11) is 0. The van der Waals surface area contributed by atoms with E-state index in [0.29, 0.717) is 0 Å². The van der Waals surface area contributed by atoms with Crippen molar-refractivity contribution in [3.63, 3.8) is 0 Å². The molecule has 0 saturated carbocycles. The molecular formula is C8H9NaO5. The molecule has 1 rings (SSSR count). The molecule has 0 amide bonds. The molecule has 0 unspecified atom stereocenters. The van der Waals surface area contributed by atoms with E-state index in [1.807, 2.05) is 0 Å². The number of carboxylic acid groups (broad SMARTS) is 2. The molecule has 1 aromatic rings. The molecule has 72 valence electrons. The van der Waals surface area contributed by atoms with Gasteiger partial charge in [-0.05, 0) is 18.2 Å². The third-order valence-electron chi connectivity index (χ3n) is 1.36. The Morgan fingerprint density at radius 3 is 1.64 bits per heavy atom. The summed E-state index contributed by atoms with van der Waals surface area (Å²) in [6, 6.07) is 5.20. The molecule has 0 spiro atoms. The molecule has 5 nitrogen and oxygen atoms in total. The van der Waals surface area contributed by atoms with Gasteiger partial charge in [-0.25, -0.2) is 9.59 Å². The minimum atomic E-state index is -1.13. The Bertz CT molecular complexity index is 307. The molecule has 0 aromatic heterocycles. The van der Waals surface area contributed by atoms with Crippen LogP contribution in [0.5, 0.6) is 0 Å². The van der Waals surface area contributed by atoms with Crippen molar-refractivity contribution in [3.8, 4) is 0 Å². The van der Waals surface area contributed by atoms with E-state index in [9.17, 15) is 9.59 Å². The van der Waals surface area contributed by atoms with Crippen molar-refractivity contribution in [1.82, 2.24) is 0 Å². The number of rotatable bonds is 2. The predicted molar refractivity (Wildman–Crippen MR) is 51.1 cm³/mol. The van der Waals surface area contributed by atoms with Gasteiger partial charge in [0.25, 0.3) is 0 Å². The fraction of sp³-hybridized carbons (Fsp3) is 0. The van der Waals surface area contributed by atoms with Crippen LogP contribution in [0.25, 0.3) is 0 Å². The zero-order valence-electron chi connectivity index (χ0n) is 6.52. The van der Waals surface area contributed by atoms with Crippen molar-refractivity contribution in [2.75, 3.05) is 0 Å². The van der Waals surface area contributed by atoms with E-state index in [0.717, 1.165) is 6.07 Å². The van der Waals surface area contributed by atoms with Crippen LogP contribution in [-0.2, 0) is 0 Å². The van der Waals surface area contributed by atoms with Gasteiger partial charge in [0.15, 0.2) is 0 Å². The summed E-state index contributed by atoms with van der Waals surface area (Å²) in [6.07, 6.45) is 0. The van der Waals surface area contributed by atoms with Crippen LogP contribution in [0.4, 0.5) is 0 Å². The first-order valence-corrected chi connectivity index (χ1v) is 3.18. The summed E-state index contributed by atoms with van der Waals surface area (Å²) < 4.78 is 0. The third-order valence-corrected chi connectivity index (χ3v) is 1.36. The van der Waals surface area contributed by atoms with Gasteiger partial charge in [0.2, 0.25) is 0 Å². The maximum atomic E-state index is 10.4. The SMILES string of the molecule is O.O=C(O)c1cccc(C(=O)O)c1.[NaH]. The number of hydrogen-bond donors (Lipinski definition) is 2.